The van der Waals surface area contributed by atoms with Crippen molar-refractivity contribution < 1.29 is 39.6 Å². The van der Waals surface area contributed by atoms with E-state index in [9.17, 15) is 19.2 Å². The van der Waals surface area contributed by atoms with Crippen LogP contribution in [-0.2, 0) is 0 Å². The number of carboxylic acids is 4. The van der Waals surface area contributed by atoms with Crippen molar-refractivity contribution in [2.75, 3.05) is 22.9 Å². The maximum atomic E-state index is 10.3. The van der Waals surface area contributed by atoms with E-state index in [2.05, 4.69) is 0 Å². The minimum absolute atomic E-state index is 0.155. The molecular weight excluding hydrogens is 520 g/mol. The van der Waals surface area contributed by atoms with Gasteiger partial charge >= 0.3 is 23.9 Å². The van der Waals surface area contributed by atoms with Crippen molar-refractivity contribution in [3.63, 3.8) is 0 Å². The number of nitrogen functional groups attached to an aromatic ring is 4. The lowest BCUT2D eigenvalue weighted by molar-refractivity contribution is 0.0687. The fraction of sp³-hybridized carbons (Fsp3) is 0. The summed E-state index contributed by atoms with van der Waals surface area (Å²) in [5, 5.41) is 33.9. The quantitative estimate of drug-likeness (QED) is 0.169. The fourth-order valence-corrected chi connectivity index (χ4v) is 2.77. The zero-order valence-corrected chi connectivity index (χ0v) is 21.0. The Morgan fingerprint density at radius 2 is 0.500 bits per heavy atom. The van der Waals surface area contributed by atoms with E-state index in [-0.39, 0.29) is 22.3 Å². The first-order chi connectivity index (χ1) is 18.9. The number of anilines is 4. The Bertz CT molecular complexity index is 1250. The Balaban J connectivity index is 0.000000267. The predicted molar refractivity (Wildman–Crippen MR) is 151 cm³/mol. The molecule has 4 rings (SSSR count). The molecule has 12 N–H and O–H groups in total. The Kier molecular flexibility index (Phi) is 12.7. The van der Waals surface area contributed by atoms with Gasteiger partial charge < -0.3 is 43.4 Å². The van der Waals surface area contributed by atoms with Crippen LogP contribution >= 0.6 is 0 Å². The summed E-state index contributed by atoms with van der Waals surface area (Å²) in [6.45, 7) is 0. The summed E-state index contributed by atoms with van der Waals surface area (Å²) in [5.74, 6) is -3.95. The largest absolute Gasteiger partial charge is 0.478 e. The molecule has 0 atom stereocenters. The second kappa shape index (κ2) is 15.9. The van der Waals surface area contributed by atoms with Crippen molar-refractivity contribution in [3.05, 3.63) is 119 Å². The monoisotopic (exact) mass is 548 g/mol. The molecule has 0 aliphatic carbocycles. The van der Waals surface area contributed by atoms with Crippen LogP contribution in [0, 0.1) is 0 Å². The zero-order chi connectivity index (χ0) is 30.2. The molecule has 0 saturated heterocycles. The van der Waals surface area contributed by atoms with Crippen LogP contribution in [0.25, 0.3) is 0 Å². The lowest BCUT2D eigenvalue weighted by Crippen LogP contribution is -2.00. The van der Waals surface area contributed by atoms with Crippen molar-refractivity contribution in [1.82, 2.24) is 0 Å². The van der Waals surface area contributed by atoms with Crippen LogP contribution in [0.2, 0.25) is 0 Å². The number of para-hydroxylation sites is 4. The standard InChI is InChI=1S/4C7H7NO2/c4*8-6-4-2-1-3-5(6)7(9)10/h4*1-4H,8H2,(H,9,10). The molecule has 0 fully saturated rings. The summed E-state index contributed by atoms with van der Waals surface area (Å²) in [5.41, 5.74) is 23.2. The summed E-state index contributed by atoms with van der Waals surface area (Å²) >= 11 is 0. The molecule has 0 aliphatic heterocycles. The average molecular weight is 549 g/mol. The number of benzene rings is 4. The highest BCUT2D eigenvalue weighted by atomic mass is 16.4. The van der Waals surface area contributed by atoms with Crippen LogP contribution in [0.15, 0.2) is 97.1 Å². The van der Waals surface area contributed by atoms with Crippen molar-refractivity contribution in [1.29, 1.82) is 0 Å². The third-order valence-corrected chi connectivity index (χ3v) is 4.76. The summed E-state index contributed by atoms with van der Waals surface area (Å²) < 4.78 is 0. The molecule has 4 aromatic carbocycles. The van der Waals surface area contributed by atoms with E-state index < -0.39 is 23.9 Å². The first kappa shape index (κ1) is 32.0. The molecule has 0 unspecified atom stereocenters. The number of aromatic carboxylic acids is 4. The van der Waals surface area contributed by atoms with Gasteiger partial charge in [0.25, 0.3) is 0 Å². The summed E-state index contributed by atoms with van der Waals surface area (Å²) in [6, 6.07) is 25.5. The lowest BCUT2D eigenvalue weighted by atomic mass is 10.2. The first-order valence-corrected chi connectivity index (χ1v) is 11.2. The van der Waals surface area contributed by atoms with E-state index in [4.69, 9.17) is 43.4 Å². The highest BCUT2D eigenvalue weighted by Gasteiger charge is 2.06. The number of hydrogen-bond acceptors (Lipinski definition) is 8. The van der Waals surface area contributed by atoms with E-state index in [0.29, 0.717) is 22.7 Å². The van der Waals surface area contributed by atoms with Gasteiger partial charge in [-0.1, -0.05) is 48.5 Å². The van der Waals surface area contributed by atoms with Gasteiger partial charge in [0, 0.05) is 22.7 Å². The Hall–Kier alpha value is -6.04. The molecule has 0 saturated carbocycles. The van der Waals surface area contributed by atoms with Crippen molar-refractivity contribution in [2.45, 2.75) is 0 Å². The number of carbonyl (C=O) groups is 4. The maximum absolute atomic E-state index is 10.3. The Morgan fingerprint density at radius 1 is 0.350 bits per heavy atom. The fourth-order valence-electron chi connectivity index (χ4n) is 2.77. The number of carboxylic acid groups (broad SMARTS) is 4. The van der Waals surface area contributed by atoms with Gasteiger partial charge in [0.15, 0.2) is 0 Å². The van der Waals surface area contributed by atoms with Crippen LogP contribution in [0.1, 0.15) is 41.4 Å². The van der Waals surface area contributed by atoms with Crippen LogP contribution < -0.4 is 22.9 Å². The average Bonchev–Trinajstić information content (AvgIpc) is 2.90. The normalized spacial score (nSPS) is 9.20. The van der Waals surface area contributed by atoms with E-state index in [1.807, 2.05) is 0 Å². The van der Waals surface area contributed by atoms with Gasteiger partial charge in [0.1, 0.15) is 0 Å². The summed E-state index contributed by atoms with van der Waals surface area (Å²) in [4.78, 5) is 41.4. The predicted octanol–water partition coefficient (Wildman–Crippen LogP) is 3.87. The molecule has 40 heavy (non-hydrogen) atoms. The second-order valence-electron chi connectivity index (χ2n) is 7.57. The molecular formula is C28H28N4O8. The molecule has 0 spiro atoms. The summed E-state index contributed by atoms with van der Waals surface area (Å²) in [7, 11) is 0. The SMILES string of the molecule is Nc1ccccc1C(=O)O.Nc1ccccc1C(=O)O.Nc1ccccc1C(=O)O.Nc1ccccc1C(=O)O. The van der Waals surface area contributed by atoms with Gasteiger partial charge in [-0.2, -0.15) is 0 Å². The van der Waals surface area contributed by atoms with E-state index in [0.717, 1.165) is 0 Å². The van der Waals surface area contributed by atoms with Crippen LogP contribution in [-0.4, -0.2) is 44.3 Å². The third-order valence-electron chi connectivity index (χ3n) is 4.76. The minimum atomic E-state index is -0.988. The molecule has 0 bridgehead atoms. The molecule has 12 heteroatoms. The highest BCUT2D eigenvalue weighted by molar-refractivity contribution is 5.95. The van der Waals surface area contributed by atoms with Crippen molar-refractivity contribution in [2.24, 2.45) is 0 Å². The maximum Gasteiger partial charge on any atom is 0.337 e. The molecule has 0 radical (unpaired) electrons. The van der Waals surface area contributed by atoms with E-state index >= 15 is 0 Å². The third kappa shape index (κ3) is 10.5. The van der Waals surface area contributed by atoms with E-state index in [1.54, 1.807) is 72.8 Å². The Labute approximate surface area is 228 Å². The molecule has 0 aliphatic rings. The van der Waals surface area contributed by atoms with Crippen molar-refractivity contribution in [3.8, 4) is 0 Å². The molecule has 208 valence electrons. The van der Waals surface area contributed by atoms with Gasteiger partial charge in [-0.3, -0.25) is 0 Å². The molecule has 0 aromatic heterocycles. The minimum Gasteiger partial charge on any atom is -0.478 e. The molecule has 0 amide bonds. The lowest BCUT2D eigenvalue weighted by Gasteiger charge is -1.96. The van der Waals surface area contributed by atoms with Crippen molar-refractivity contribution >= 4 is 46.6 Å². The van der Waals surface area contributed by atoms with Gasteiger partial charge in [0.05, 0.1) is 22.3 Å². The van der Waals surface area contributed by atoms with Gasteiger partial charge in [-0.15, -0.1) is 0 Å². The highest BCUT2D eigenvalue weighted by Crippen LogP contribution is 2.11. The van der Waals surface area contributed by atoms with Gasteiger partial charge in [-0.25, -0.2) is 19.2 Å². The number of nitrogens with two attached hydrogens (primary N) is 4. The smallest absolute Gasteiger partial charge is 0.337 e. The topological polar surface area (TPSA) is 253 Å². The first-order valence-electron chi connectivity index (χ1n) is 11.2. The summed E-state index contributed by atoms with van der Waals surface area (Å²) in [6.07, 6.45) is 0. The van der Waals surface area contributed by atoms with E-state index in [1.165, 1.54) is 24.3 Å². The molecule has 4 aromatic rings. The second-order valence-corrected chi connectivity index (χ2v) is 7.57. The van der Waals surface area contributed by atoms with Gasteiger partial charge in [0.2, 0.25) is 0 Å². The number of hydrogen-bond donors (Lipinski definition) is 8. The van der Waals surface area contributed by atoms with Crippen LogP contribution in [0.5, 0.6) is 0 Å². The van der Waals surface area contributed by atoms with Crippen LogP contribution in [0.4, 0.5) is 22.7 Å². The zero-order valence-electron chi connectivity index (χ0n) is 21.0. The Morgan fingerprint density at radius 3 is 0.600 bits per heavy atom. The molecule has 12 nitrogen and oxygen atoms in total. The number of rotatable bonds is 4. The molecule has 0 heterocycles. The van der Waals surface area contributed by atoms with Gasteiger partial charge in [-0.05, 0) is 48.5 Å². The van der Waals surface area contributed by atoms with Crippen LogP contribution in [0.3, 0.4) is 0 Å².